The van der Waals surface area contributed by atoms with Crippen LogP contribution in [0.15, 0.2) is 60.7 Å². The average Bonchev–Trinajstić information content (AvgIpc) is 2.74. The normalized spacial score (nSPS) is 16.4. The Morgan fingerprint density at radius 2 is 1.43 bits per heavy atom. The summed E-state index contributed by atoms with van der Waals surface area (Å²) < 4.78 is 46.9. The van der Waals surface area contributed by atoms with Crippen molar-refractivity contribution < 1.29 is 22.6 Å². The number of hydrogen-bond acceptors (Lipinski definition) is 4. The van der Waals surface area contributed by atoms with Gasteiger partial charge >= 0.3 is 6.36 Å². The number of nitrogens with zero attached hydrogens (tertiary/aromatic N) is 1. The van der Waals surface area contributed by atoms with E-state index in [-0.39, 0.29) is 11.8 Å². The van der Waals surface area contributed by atoms with Crippen molar-refractivity contribution in [1.29, 1.82) is 0 Å². The van der Waals surface area contributed by atoms with Gasteiger partial charge in [0, 0.05) is 26.2 Å². The molecule has 0 saturated carbocycles. The number of fused-ring (bicyclic) bond motifs is 1. The second-order valence-electron chi connectivity index (χ2n) is 7.28. The van der Waals surface area contributed by atoms with Crippen LogP contribution in [0.3, 0.4) is 0 Å². The second-order valence-corrected chi connectivity index (χ2v) is 7.28. The van der Waals surface area contributed by atoms with Crippen molar-refractivity contribution in [1.82, 2.24) is 10.2 Å². The first-order valence-electron chi connectivity index (χ1n) is 9.81. The minimum absolute atomic E-state index is 0.0569. The predicted molar refractivity (Wildman–Crippen MR) is 110 cm³/mol. The predicted octanol–water partition coefficient (Wildman–Crippen LogP) is 4.74. The Morgan fingerprint density at radius 1 is 0.833 bits per heavy atom. The highest BCUT2D eigenvalue weighted by atomic mass is 19.4. The number of alkyl halides is 3. The largest absolute Gasteiger partial charge is 0.573 e. The van der Waals surface area contributed by atoms with Gasteiger partial charge in [0.1, 0.15) is 11.5 Å². The number of halogens is 3. The van der Waals surface area contributed by atoms with E-state index in [4.69, 9.17) is 4.74 Å². The number of benzene rings is 3. The van der Waals surface area contributed by atoms with Crippen LogP contribution in [0.2, 0.25) is 0 Å². The van der Waals surface area contributed by atoms with E-state index in [1.807, 2.05) is 18.2 Å². The standard InChI is InChI=1S/C23H23F3N2O2/c1-29-21-9-6-17-14-19(3-2-18(17)15-21)22(28-12-10-27-11-13-28)16-4-7-20(8-5-16)30-23(24,25)26/h2-9,14-15,22,27H,10-13H2,1H3/t22-/m1/s1. The fourth-order valence-electron chi connectivity index (χ4n) is 3.95. The highest BCUT2D eigenvalue weighted by Crippen LogP contribution is 2.33. The Hall–Kier alpha value is -2.77. The van der Waals surface area contributed by atoms with Gasteiger partial charge in [0.25, 0.3) is 0 Å². The third-order valence-corrected chi connectivity index (χ3v) is 5.33. The van der Waals surface area contributed by atoms with E-state index in [9.17, 15) is 13.2 Å². The molecule has 0 unspecified atom stereocenters. The summed E-state index contributed by atoms with van der Waals surface area (Å²) in [4.78, 5) is 2.35. The molecule has 1 atom stereocenters. The fourth-order valence-corrected chi connectivity index (χ4v) is 3.95. The zero-order valence-corrected chi connectivity index (χ0v) is 16.6. The van der Waals surface area contributed by atoms with Crippen LogP contribution in [0.5, 0.6) is 11.5 Å². The average molecular weight is 416 g/mol. The minimum Gasteiger partial charge on any atom is -0.497 e. The molecular weight excluding hydrogens is 393 g/mol. The highest BCUT2D eigenvalue weighted by molar-refractivity contribution is 5.84. The topological polar surface area (TPSA) is 33.7 Å². The van der Waals surface area contributed by atoms with Crippen molar-refractivity contribution in [3.05, 3.63) is 71.8 Å². The number of rotatable bonds is 5. The van der Waals surface area contributed by atoms with Crippen molar-refractivity contribution in [3.8, 4) is 11.5 Å². The van der Waals surface area contributed by atoms with Gasteiger partial charge < -0.3 is 14.8 Å². The van der Waals surface area contributed by atoms with E-state index < -0.39 is 6.36 Å². The summed E-state index contributed by atoms with van der Waals surface area (Å²) in [5, 5.41) is 5.51. The van der Waals surface area contributed by atoms with Gasteiger partial charge in [-0.2, -0.15) is 0 Å². The van der Waals surface area contributed by atoms with Crippen molar-refractivity contribution in [2.45, 2.75) is 12.4 Å². The van der Waals surface area contributed by atoms with Gasteiger partial charge in [-0.05, 0) is 52.2 Å². The van der Waals surface area contributed by atoms with Crippen LogP contribution < -0.4 is 14.8 Å². The lowest BCUT2D eigenvalue weighted by Gasteiger charge is -2.35. The monoisotopic (exact) mass is 416 g/mol. The number of nitrogens with one attached hydrogen (secondary N) is 1. The maximum atomic E-state index is 12.5. The van der Waals surface area contributed by atoms with Gasteiger partial charge in [-0.1, -0.05) is 30.3 Å². The molecule has 1 heterocycles. The Labute approximate surface area is 173 Å². The Balaban J connectivity index is 1.70. The lowest BCUT2D eigenvalue weighted by atomic mass is 9.94. The van der Waals surface area contributed by atoms with Gasteiger partial charge in [0.15, 0.2) is 0 Å². The van der Waals surface area contributed by atoms with Crippen LogP contribution in [0.4, 0.5) is 13.2 Å². The molecule has 0 radical (unpaired) electrons. The molecule has 30 heavy (non-hydrogen) atoms. The molecule has 158 valence electrons. The third-order valence-electron chi connectivity index (χ3n) is 5.33. The molecule has 4 rings (SSSR count). The molecule has 1 aliphatic heterocycles. The quantitative estimate of drug-likeness (QED) is 0.651. The van der Waals surface area contributed by atoms with Crippen LogP contribution in [0.25, 0.3) is 10.8 Å². The summed E-state index contributed by atoms with van der Waals surface area (Å²) in [5.74, 6) is 0.588. The summed E-state index contributed by atoms with van der Waals surface area (Å²) >= 11 is 0. The summed E-state index contributed by atoms with van der Waals surface area (Å²) in [6.07, 6.45) is -4.70. The van der Waals surface area contributed by atoms with Crippen LogP contribution in [0, 0.1) is 0 Å². The summed E-state index contributed by atoms with van der Waals surface area (Å²) in [7, 11) is 1.64. The minimum atomic E-state index is -4.70. The summed E-state index contributed by atoms with van der Waals surface area (Å²) in [5.41, 5.74) is 2.03. The molecule has 1 saturated heterocycles. The number of ether oxygens (including phenoxy) is 2. The van der Waals surface area contributed by atoms with E-state index in [0.717, 1.165) is 53.8 Å². The molecule has 0 amide bonds. The van der Waals surface area contributed by atoms with Crippen molar-refractivity contribution in [2.24, 2.45) is 0 Å². The van der Waals surface area contributed by atoms with E-state index >= 15 is 0 Å². The second kappa shape index (κ2) is 8.53. The van der Waals surface area contributed by atoms with Crippen LogP contribution in [-0.4, -0.2) is 44.6 Å². The molecule has 0 aromatic heterocycles. The first kappa shape index (κ1) is 20.5. The number of hydrogen-bond donors (Lipinski definition) is 1. The Morgan fingerprint density at radius 3 is 2.10 bits per heavy atom. The molecule has 3 aromatic carbocycles. The van der Waals surface area contributed by atoms with Gasteiger partial charge in [-0.3, -0.25) is 4.90 Å². The maximum Gasteiger partial charge on any atom is 0.573 e. The molecular formula is C23H23F3N2O2. The van der Waals surface area contributed by atoms with Gasteiger partial charge in [0.2, 0.25) is 0 Å². The Bertz CT molecular complexity index is 999. The fraction of sp³-hybridized carbons (Fsp3) is 0.304. The molecule has 1 fully saturated rings. The summed E-state index contributed by atoms with van der Waals surface area (Å²) in [6, 6.07) is 18.3. The Kier molecular flexibility index (Phi) is 5.83. The molecule has 0 aliphatic carbocycles. The van der Waals surface area contributed by atoms with Gasteiger partial charge in [0.05, 0.1) is 13.2 Å². The van der Waals surface area contributed by atoms with Crippen LogP contribution in [0.1, 0.15) is 17.2 Å². The summed E-state index contributed by atoms with van der Waals surface area (Å²) in [6.45, 7) is 3.45. The van der Waals surface area contributed by atoms with Crippen molar-refractivity contribution in [3.63, 3.8) is 0 Å². The highest BCUT2D eigenvalue weighted by Gasteiger charge is 2.31. The third kappa shape index (κ3) is 4.68. The van der Waals surface area contributed by atoms with Gasteiger partial charge in [-0.25, -0.2) is 0 Å². The zero-order valence-electron chi connectivity index (χ0n) is 16.6. The molecule has 3 aromatic rings. The molecule has 0 spiro atoms. The van der Waals surface area contributed by atoms with Gasteiger partial charge in [-0.15, -0.1) is 13.2 Å². The lowest BCUT2D eigenvalue weighted by molar-refractivity contribution is -0.274. The molecule has 7 heteroatoms. The van der Waals surface area contributed by atoms with E-state index in [1.165, 1.54) is 12.1 Å². The lowest BCUT2D eigenvalue weighted by Crippen LogP contribution is -2.45. The first-order chi connectivity index (χ1) is 14.4. The smallest absolute Gasteiger partial charge is 0.497 e. The van der Waals surface area contributed by atoms with E-state index in [0.29, 0.717) is 0 Å². The molecule has 1 aliphatic rings. The van der Waals surface area contributed by atoms with Crippen molar-refractivity contribution in [2.75, 3.05) is 33.3 Å². The molecule has 0 bridgehead atoms. The number of methoxy groups -OCH3 is 1. The van der Waals surface area contributed by atoms with Crippen LogP contribution >= 0.6 is 0 Å². The van der Waals surface area contributed by atoms with E-state index in [1.54, 1.807) is 19.2 Å². The van der Waals surface area contributed by atoms with Crippen molar-refractivity contribution >= 4 is 10.8 Å². The zero-order chi connectivity index (χ0) is 21.1. The van der Waals surface area contributed by atoms with Crippen LogP contribution in [-0.2, 0) is 0 Å². The maximum absolute atomic E-state index is 12.5. The number of piperazine rings is 1. The van der Waals surface area contributed by atoms with E-state index in [2.05, 4.69) is 33.2 Å². The first-order valence-corrected chi connectivity index (χ1v) is 9.81. The SMILES string of the molecule is COc1ccc2cc([C@@H](c3ccc(OC(F)(F)F)cc3)N3CCNCC3)ccc2c1. The molecule has 1 N–H and O–H groups in total. The molecule has 4 nitrogen and oxygen atoms in total.